The van der Waals surface area contributed by atoms with E-state index in [1.165, 1.54) is 4.90 Å². The molecule has 0 aliphatic carbocycles. The Kier molecular flexibility index (Phi) is 5.73. The quantitative estimate of drug-likeness (QED) is 0.847. The van der Waals surface area contributed by atoms with Crippen molar-refractivity contribution >= 4 is 11.9 Å². The molecule has 0 saturated heterocycles. The van der Waals surface area contributed by atoms with E-state index in [0.717, 1.165) is 17.1 Å². The van der Waals surface area contributed by atoms with Crippen LogP contribution in [-0.2, 0) is 11.3 Å². The summed E-state index contributed by atoms with van der Waals surface area (Å²) in [5.74, 6) is -1.24. The van der Waals surface area contributed by atoms with Crippen molar-refractivity contribution in [2.24, 2.45) is 0 Å². The molecule has 1 amide bonds. The van der Waals surface area contributed by atoms with Crippen molar-refractivity contribution in [2.45, 2.75) is 33.7 Å². The molecule has 2 rings (SSSR count). The zero-order valence-electron chi connectivity index (χ0n) is 14.3. The van der Waals surface area contributed by atoms with Gasteiger partial charge < -0.3 is 14.6 Å². The number of rotatable bonds is 7. The van der Waals surface area contributed by atoms with Crippen LogP contribution in [-0.4, -0.2) is 44.5 Å². The zero-order chi connectivity index (χ0) is 17.7. The van der Waals surface area contributed by atoms with E-state index in [2.05, 4.69) is 4.98 Å². The first-order valence-electron chi connectivity index (χ1n) is 8.01. The van der Waals surface area contributed by atoms with Gasteiger partial charge in [-0.2, -0.15) is 0 Å². The molecule has 2 aromatic rings. The van der Waals surface area contributed by atoms with E-state index in [1.807, 2.05) is 49.6 Å². The number of carboxylic acid groups (broad SMARTS) is 1. The number of hydrogen-bond donors (Lipinski definition) is 1. The third-order valence-electron chi connectivity index (χ3n) is 3.96. The molecule has 0 atom stereocenters. The van der Waals surface area contributed by atoms with Gasteiger partial charge in [-0.05, 0) is 38.5 Å². The minimum Gasteiger partial charge on any atom is -0.480 e. The van der Waals surface area contributed by atoms with Gasteiger partial charge in [0.15, 0.2) is 0 Å². The third kappa shape index (κ3) is 4.01. The summed E-state index contributed by atoms with van der Waals surface area (Å²) < 4.78 is 2.03. The maximum absolute atomic E-state index is 12.7. The maximum atomic E-state index is 12.7. The maximum Gasteiger partial charge on any atom is 0.323 e. The van der Waals surface area contributed by atoms with Crippen molar-refractivity contribution in [3.63, 3.8) is 0 Å². The van der Waals surface area contributed by atoms with Gasteiger partial charge in [0.05, 0.1) is 17.8 Å². The molecule has 0 unspecified atom stereocenters. The highest BCUT2D eigenvalue weighted by atomic mass is 16.4. The monoisotopic (exact) mass is 329 g/mol. The lowest BCUT2D eigenvalue weighted by atomic mass is 10.2. The van der Waals surface area contributed by atoms with Gasteiger partial charge in [0, 0.05) is 24.1 Å². The number of aryl methyl sites for hydroxylation is 1. The average Bonchev–Trinajstić information content (AvgIpc) is 2.82. The molecule has 0 spiro atoms. The van der Waals surface area contributed by atoms with Crippen LogP contribution in [0.5, 0.6) is 0 Å². The first kappa shape index (κ1) is 17.7. The van der Waals surface area contributed by atoms with Gasteiger partial charge in [0.25, 0.3) is 5.91 Å². The highest BCUT2D eigenvalue weighted by Gasteiger charge is 2.22. The summed E-state index contributed by atoms with van der Waals surface area (Å²) >= 11 is 0. The molecular weight excluding hydrogens is 306 g/mol. The van der Waals surface area contributed by atoms with E-state index in [4.69, 9.17) is 5.11 Å². The van der Waals surface area contributed by atoms with Gasteiger partial charge in [-0.1, -0.05) is 13.0 Å². The molecule has 6 nitrogen and oxygen atoms in total. The predicted molar refractivity (Wildman–Crippen MR) is 91.1 cm³/mol. The number of pyridine rings is 1. The fraction of sp³-hybridized carbons (Fsp3) is 0.389. The lowest BCUT2D eigenvalue weighted by Crippen LogP contribution is -2.36. The average molecular weight is 329 g/mol. The smallest absolute Gasteiger partial charge is 0.323 e. The van der Waals surface area contributed by atoms with Crippen LogP contribution >= 0.6 is 0 Å². The Hall–Kier alpha value is -2.63. The van der Waals surface area contributed by atoms with Crippen molar-refractivity contribution in [1.29, 1.82) is 0 Å². The van der Waals surface area contributed by atoms with Gasteiger partial charge in [0.2, 0.25) is 0 Å². The minimum atomic E-state index is -1.00. The molecule has 2 heterocycles. The fourth-order valence-electron chi connectivity index (χ4n) is 2.77. The van der Waals surface area contributed by atoms with Gasteiger partial charge in [-0.3, -0.25) is 14.6 Å². The van der Waals surface area contributed by atoms with Crippen LogP contribution in [0, 0.1) is 13.8 Å². The van der Waals surface area contributed by atoms with Gasteiger partial charge in [0.1, 0.15) is 6.54 Å². The van der Waals surface area contributed by atoms with E-state index in [9.17, 15) is 9.59 Å². The van der Waals surface area contributed by atoms with Crippen LogP contribution in [0.4, 0.5) is 0 Å². The Morgan fingerprint density at radius 1 is 1.29 bits per heavy atom. The highest BCUT2D eigenvalue weighted by Crippen LogP contribution is 2.18. The summed E-state index contributed by atoms with van der Waals surface area (Å²) in [6.07, 6.45) is 2.46. The van der Waals surface area contributed by atoms with E-state index in [1.54, 1.807) is 6.20 Å². The predicted octanol–water partition coefficient (Wildman–Crippen LogP) is 2.49. The second kappa shape index (κ2) is 7.77. The SMILES string of the molecule is CCCN(CC(=O)O)C(=O)c1cc(C)n(Cc2ccccn2)c1C. The van der Waals surface area contributed by atoms with Crippen molar-refractivity contribution in [2.75, 3.05) is 13.1 Å². The Morgan fingerprint density at radius 3 is 2.62 bits per heavy atom. The minimum absolute atomic E-state index is 0.236. The highest BCUT2D eigenvalue weighted by molar-refractivity contribution is 5.97. The number of carboxylic acids is 1. The Balaban J connectivity index is 2.29. The number of carbonyl (C=O) groups is 2. The second-order valence-electron chi connectivity index (χ2n) is 5.81. The number of aliphatic carboxylic acids is 1. The van der Waals surface area contributed by atoms with Crippen LogP contribution in [0.15, 0.2) is 30.5 Å². The van der Waals surface area contributed by atoms with Gasteiger partial charge >= 0.3 is 5.97 Å². The van der Waals surface area contributed by atoms with E-state index in [-0.39, 0.29) is 12.5 Å². The van der Waals surface area contributed by atoms with Crippen molar-refractivity contribution in [3.05, 3.63) is 53.1 Å². The number of carbonyl (C=O) groups excluding carboxylic acids is 1. The third-order valence-corrected chi connectivity index (χ3v) is 3.96. The second-order valence-corrected chi connectivity index (χ2v) is 5.81. The summed E-state index contributed by atoms with van der Waals surface area (Å²) in [7, 11) is 0. The summed E-state index contributed by atoms with van der Waals surface area (Å²) in [6, 6.07) is 7.56. The van der Waals surface area contributed by atoms with E-state index >= 15 is 0 Å². The Bertz CT molecular complexity index is 723. The summed E-state index contributed by atoms with van der Waals surface area (Å²) in [4.78, 5) is 29.5. The van der Waals surface area contributed by atoms with E-state index < -0.39 is 5.97 Å². The van der Waals surface area contributed by atoms with Crippen LogP contribution in [0.3, 0.4) is 0 Å². The summed E-state index contributed by atoms with van der Waals surface area (Å²) in [6.45, 7) is 6.47. The number of nitrogens with zero attached hydrogens (tertiary/aromatic N) is 3. The molecule has 6 heteroatoms. The summed E-state index contributed by atoms with van der Waals surface area (Å²) in [5, 5.41) is 9.02. The molecule has 2 aromatic heterocycles. The first-order valence-corrected chi connectivity index (χ1v) is 8.01. The largest absolute Gasteiger partial charge is 0.480 e. The molecular formula is C18H23N3O3. The summed E-state index contributed by atoms with van der Waals surface area (Å²) in [5.41, 5.74) is 3.25. The molecule has 0 fully saturated rings. The Labute approximate surface area is 141 Å². The molecule has 0 aliphatic heterocycles. The zero-order valence-corrected chi connectivity index (χ0v) is 14.3. The van der Waals surface area contributed by atoms with Crippen LogP contribution in [0.2, 0.25) is 0 Å². The number of amides is 1. The lowest BCUT2D eigenvalue weighted by Gasteiger charge is -2.20. The van der Waals surface area contributed by atoms with Crippen LogP contribution < -0.4 is 0 Å². The molecule has 24 heavy (non-hydrogen) atoms. The normalized spacial score (nSPS) is 10.6. The molecule has 0 radical (unpaired) electrons. The van der Waals surface area contributed by atoms with Crippen molar-refractivity contribution in [1.82, 2.24) is 14.5 Å². The van der Waals surface area contributed by atoms with Gasteiger partial charge in [-0.15, -0.1) is 0 Å². The molecule has 1 N–H and O–H groups in total. The Morgan fingerprint density at radius 2 is 2.04 bits per heavy atom. The molecule has 0 aromatic carbocycles. The van der Waals surface area contributed by atoms with Crippen molar-refractivity contribution < 1.29 is 14.7 Å². The first-order chi connectivity index (χ1) is 11.4. The number of hydrogen-bond acceptors (Lipinski definition) is 3. The fourth-order valence-corrected chi connectivity index (χ4v) is 2.77. The topological polar surface area (TPSA) is 75.4 Å². The molecule has 0 saturated carbocycles. The van der Waals surface area contributed by atoms with Crippen LogP contribution in [0.25, 0.3) is 0 Å². The molecule has 0 aliphatic rings. The number of aromatic nitrogens is 2. The lowest BCUT2D eigenvalue weighted by molar-refractivity contribution is -0.137. The van der Waals surface area contributed by atoms with Gasteiger partial charge in [-0.25, -0.2) is 0 Å². The van der Waals surface area contributed by atoms with Crippen LogP contribution in [0.1, 0.15) is 40.8 Å². The van der Waals surface area contributed by atoms with Crippen molar-refractivity contribution in [3.8, 4) is 0 Å². The molecule has 128 valence electrons. The van der Waals surface area contributed by atoms with E-state index in [0.29, 0.717) is 25.1 Å². The standard InChI is InChI=1S/C18H23N3O3/c1-4-9-20(12-17(22)23)18(24)16-10-13(2)21(14(16)3)11-15-7-5-6-8-19-15/h5-8,10H,4,9,11-12H2,1-3H3,(H,22,23). The molecule has 0 bridgehead atoms.